The lowest BCUT2D eigenvalue weighted by Gasteiger charge is -2.38. The Kier molecular flexibility index (Phi) is 6.87. The van der Waals surface area contributed by atoms with Gasteiger partial charge in [0.25, 0.3) is 10.0 Å². The van der Waals surface area contributed by atoms with Crippen molar-refractivity contribution in [2.24, 2.45) is 5.92 Å². The molecule has 1 aromatic rings. The van der Waals surface area contributed by atoms with Gasteiger partial charge in [0.1, 0.15) is 10.8 Å². The number of piperazine rings is 1. The molecule has 0 saturated carbocycles. The molecule has 0 bridgehead atoms. The molecule has 3 aliphatic rings. The monoisotopic (exact) mass is 496 g/mol. The maximum Gasteiger partial charge on any atom is 0.252 e. The van der Waals surface area contributed by atoms with Gasteiger partial charge in [-0.25, -0.2) is 8.42 Å². The molecule has 3 aliphatic heterocycles. The highest BCUT2D eigenvalue weighted by molar-refractivity contribution is 7.91. The van der Waals surface area contributed by atoms with Gasteiger partial charge in [0.05, 0.1) is 5.92 Å². The van der Waals surface area contributed by atoms with E-state index in [1.807, 2.05) is 6.92 Å². The third kappa shape index (κ3) is 4.97. The highest BCUT2D eigenvalue weighted by atomic mass is 32.2. The normalized spacial score (nSPS) is 22.8. The molecule has 0 aromatic carbocycles. The van der Waals surface area contributed by atoms with Crippen LogP contribution in [0.4, 0.5) is 0 Å². The Bertz CT molecular complexity index is 1040. The zero-order valence-corrected chi connectivity index (χ0v) is 20.2. The standard InChI is InChI=1S/C21H28N4O6S2/c1-15-4-7-20(32-15)33(30,31)24-8-2-3-16(13-24)21(29)23-11-9-22(10-12-23)19(28)14-25-17(26)5-6-18(25)27/h4,7,16H,2-3,5-6,8-14H2,1H3. The van der Waals surface area contributed by atoms with Crippen LogP contribution in [-0.4, -0.2) is 96.9 Å². The number of piperidine rings is 1. The molecule has 12 heteroatoms. The summed E-state index contributed by atoms with van der Waals surface area (Å²) in [6, 6.07) is 3.39. The number of hydrogen-bond donors (Lipinski definition) is 0. The van der Waals surface area contributed by atoms with E-state index in [0.717, 1.165) is 9.78 Å². The zero-order valence-electron chi connectivity index (χ0n) is 18.6. The molecule has 33 heavy (non-hydrogen) atoms. The average molecular weight is 497 g/mol. The summed E-state index contributed by atoms with van der Waals surface area (Å²) in [6.45, 7) is 3.52. The topological polar surface area (TPSA) is 115 Å². The fourth-order valence-electron chi connectivity index (χ4n) is 4.51. The van der Waals surface area contributed by atoms with Crippen LogP contribution in [0.3, 0.4) is 0 Å². The van der Waals surface area contributed by atoms with E-state index in [0.29, 0.717) is 49.8 Å². The van der Waals surface area contributed by atoms with Crippen LogP contribution in [0, 0.1) is 12.8 Å². The molecule has 0 spiro atoms. The second-order valence-corrected chi connectivity index (χ2v) is 12.1. The van der Waals surface area contributed by atoms with E-state index in [4.69, 9.17) is 0 Å². The van der Waals surface area contributed by atoms with Gasteiger partial charge in [-0.15, -0.1) is 11.3 Å². The van der Waals surface area contributed by atoms with Crippen LogP contribution in [0.15, 0.2) is 16.3 Å². The van der Waals surface area contributed by atoms with Gasteiger partial charge in [0.2, 0.25) is 23.6 Å². The van der Waals surface area contributed by atoms with Gasteiger partial charge in [-0.05, 0) is 31.9 Å². The largest absolute Gasteiger partial charge is 0.339 e. The summed E-state index contributed by atoms with van der Waals surface area (Å²) in [5.41, 5.74) is 0. The fraction of sp³-hybridized carbons (Fsp3) is 0.619. The van der Waals surface area contributed by atoms with Crippen molar-refractivity contribution in [3.05, 3.63) is 17.0 Å². The van der Waals surface area contributed by atoms with E-state index in [1.54, 1.807) is 21.9 Å². The molecule has 0 radical (unpaired) electrons. The third-order valence-electron chi connectivity index (χ3n) is 6.44. The first-order valence-electron chi connectivity index (χ1n) is 11.1. The zero-order chi connectivity index (χ0) is 23.8. The third-order valence-corrected chi connectivity index (χ3v) is 9.77. The minimum Gasteiger partial charge on any atom is -0.339 e. The van der Waals surface area contributed by atoms with E-state index < -0.39 is 15.9 Å². The first kappa shape index (κ1) is 23.8. The van der Waals surface area contributed by atoms with Crippen molar-refractivity contribution in [1.82, 2.24) is 19.0 Å². The number of likely N-dealkylation sites (tertiary alicyclic amines) is 1. The number of rotatable bonds is 5. The molecule has 4 amide bonds. The molecule has 3 fully saturated rings. The highest BCUT2D eigenvalue weighted by Gasteiger charge is 2.37. The van der Waals surface area contributed by atoms with E-state index in [2.05, 4.69) is 0 Å². The SMILES string of the molecule is Cc1ccc(S(=O)(=O)N2CCCC(C(=O)N3CCN(C(=O)CN4C(=O)CCC4=O)CC3)C2)s1. The molecule has 1 aromatic heterocycles. The van der Waals surface area contributed by atoms with E-state index in [-0.39, 0.29) is 49.6 Å². The Morgan fingerprint density at radius 2 is 1.64 bits per heavy atom. The minimum absolute atomic E-state index is 0.0887. The summed E-state index contributed by atoms with van der Waals surface area (Å²) in [7, 11) is -3.61. The fourth-order valence-corrected chi connectivity index (χ4v) is 7.47. The predicted octanol–water partition coefficient (Wildman–Crippen LogP) is 0.277. The van der Waals surface area contributed by atoms with Crippen molar-refractivity contribution in [1.29, 1.82) is 0 Å². The molecule has 3 saturated heterocycles. The lowest BCUT2D eigenvalue weighted by molar-refractivity contribution is -0.147. The summed E-state index contributed by atoms with van der Waals surface area (Å²) in [4.78, 5) is 54.3. The van der Waals surface area contributed by atoms with Gasteiger partial charge < -0.3 is 9.80 Å². The molecule has 1 atom stereocenters. The van der Waals surface area contributed by atoms with Crippen LogP contribution in [0.5, 0.6) is 0 Å². The van der Waals surface area contributed by atoms with E-state index >= 15 is 0 Å². The molecule has 1 unspecified atom stereocenters. The first-order chi connectivity index (χ1) is 15.7. The van der Waals surface area contributed by atoms with Crippen LogP contribution < -0.4 is 0 Å². The van der Waals surface area contributed by atoms with Gasteiger partial charge in [-0.1, -0.05) is 0 Å². The summed E-state index contributed by atoms with van der Waals surface area (Å²) < 4.78 is 27.6. The second kappa shape index (κ2) is 9.51. The van der Waals surface area contributed by atoms with Crippen molar-refractivity contribution in [2.75, 3.05) is 45.8 Å². The van der Waals surface area contributed by atoms with Crippen LogP contribution in [0.1, 0.15) is 30.6 Å². The molecular weight excluding hydrogens is 468 g/mol. The lowest BCUT2D eigenvalue weighted by atomic mass is 9.97. The summed E-state index contributed by atoms with van der Waals surface area (Å²) in [5.74, 6) is -1.44. The molecule has 4 rings (SSSR count). The van der Waals surface area contributed by atoms with E-state index in [1.165, 1.54) is 15.6 Å². The van der Waals surface area contributed by atoms with Gasteiger partial charge in [0.15, 0.2) is 0 Å². The quantitative estimate of drug-likeness (QED) is 0.541. The number of amides is 4. The summed E-state index contributed by atoms with van der Waals surface area (Å²) >= 11 is 1.23. The van der Waals surface area contributed by atoms with E-state index in [9.17, 15) is 27.6 Å². The number of aryl methyl sites for hydroxylation is 1. The Labute approximate surface area is 197 Å². The van der Waals surface area contributed by atoms with Crippen LogP contribution in [-0.2, 0) is 29.2 Å². The number of carbonyl (C=O) groups excluding carboxylic acids is 4. The predicted molar refractivity (Wildman–Crippen MR) is 120 cm³/mol. The number of carbonyl (C=O) groups is 4. The van der Waals surface area contributed by atoms with Crippen molar-refractivity contribution in [3.8, 4) is 0 Å². The van der Waals surface area contributed by atoms with Crippen molar-refractivity contribution >= 4 is 45.0 Å². The summed E-state index contributed by atoms with van der Waals surface area (Å²) in [6.07, 6.45) is 1.55. The van der Waals surface area contributed by atoms with Crippen molar-refractivity contribution in [2.45, 2.75) is 36.8 Å². The van der Waals surface area contributed by atoms with Crippen LogP contribution >= 0.6 is 11.3 Å². The molecule has 0 N–H and O–H groups in total. The van der Waals surface area contributed by atoms with Gasteiger partial charge in [-0.3, -0.25) is 24.1 Å². The molecule has 0 aliphatic carbocycles. The van der Waals surface area contributed by atoms with Crippen molar-refractivity contribution < 1.29 is 27.6 Å². The van der Waals surface area contributed by atoms with Crippen LogP contribution in [0.2, 0.25) is 0 Å². The van der Waals surface area contributed by atoms with Crippen LogP contribution in [0.25, 0.3) is 0 Å². The maximum absolute atomic E-state index is 13.1. The Morgan fingerprint density at radius 3 is 2.24 bits per heavy atom. The first-order valence-corrected chi connectivity index (χ1v) is 13.4. The number of thiophene rings is 1. The maximum atomic E-state index is 13.1. The Morgan fingerprint density at radius 1 is 1.00 bits per heavy atom. The number of imide groups is 1. The summed E-state index contributed by atoms with van der Waals surface area (Å²) in [5, 5.41) is 0. The molecule has 4 heterocycles. The number of sulfonamides is 1. The Hall–Kier alpha value is -2.31. The van der Waals surface area contributed by atoms with Gasteiger partial charge in [-0.2, -0.15) is 4.31 Å². The number of nitrogens with zero attached hydrogens (tertiary/aromatic N) is 4. The molecule has 180 valence electrons. The van der Waals surface area contributed by atoms with Gasteiger partial charge >= 0.3 is 0 Å². The second-order valence-electron chi connectivity index (χ2n) is 8.65. The highest BCUT2D eigenvalue weighted by Crippen LogP contribution is 2.29. The van der Waals surface area contributed by atoms with Gasteiger partial charge in [0, 0.05) is 57.0 Å². The smallest absolute Gasteiger partial charge is 0.252 e. The lowest BCUT2D eigenvalue weighted by Crippen LogP contribution is -2.55. The average Bonchev–Trinajstić information content (AvgIpc) is 3.39. The number of hydrogen-bond acceptors (Lipinski definition) is 7. The molecule has 10 nitrogen and oxygen atoms in total. The molecular formula is C21H28N4O6S2. The van der Waals surface area contributed by atoms with Crippen molar-refractivity contribution in [3.63, 3.8) is 0 Å². The Balaban J connectivity index is 1.31. The minimum atomic E-state index is -3.61.